The molecule has 0 saturated carbocycles. The molecule has 1 N–H and O–H groups in total. The standard InChI is InChI=1S/C22H20N4O2/c1-15-5-3-6-18(11-15)28-14-21(27)24-19-12-17(8-7-16(19)2)20-13-26-10-4-9-23-22(26)25-20/h3-13H,14H2,1-2H3,(H,24,27). The molecule has 4 aromatic rings. The van der Waals surface area contributed by atoms with Crippen molar-refractivity contribution in [3.63, 3.8) is 0 Å². The second-order valence-electron chi connectivity index (χ2n) is 6.64. The lowest BCUT2D eigenvalue weighted by Gasteiger charge is -2.11. The molecule has 1 amide bonds. The molecule has 0 atom stereocenters. The van der Waals surface area contributed by atoms with Crippen molar-refractivity contribution < 1.29 is 9.53 Å². The maximum absolute atomic E-state index is 12.3. The van der Waals surface area contributed by atoms with Crippen molar-refractivity contribution in [1.29, 1.82) is 0 Å². The van der Waals surface area contributed by atoms with Gasteiger partial charge in [0.15, 0.2) is 6.61 Å². The van der Waals surface area contributed by atoms with Crippen LogP contribution >= 0.6 is 0 Å². The number of ether oxygens (including phenoxy) is 1. The molecule has 6 heteroatoms. The molecule has 2 heterocycles. The first-order chi connectivity index (χ1) is 13.6. The van der Waals surface area contributed by atoms with Crippen LogP contribution in [0.25, 0.3) is 17.0 Å². The molecular weight excluding hydrogens is 352 g/mol. The number of imidazole rings is 1. The fourth-order valence-electron chi connectivity index (χ4n) is 2.93. The maximum Gasteiger partial charge on any atom is 0.262 e. The van der Waals surface area contributed by atoms with E-state index in [0.717, 1.165) is 28.1 Å². The third-order valence-electron chi connectivity index (χ3n) is 4.40. The fourth-order valence-corrected chi connectivity index (χ4v) is 2.93. The van der Waals surface area contributed by atoms with Gasteiger partial charge in [0.25, 0.3) is 5.91 Å². The van der Waals surface area contributed by atoms with Crippen LogP contribution in [0.5, 0.6) is 5.75 Å². The molecule has 0 aliphatic rings. The van der Waals surface area contributed by atoms with Crippen molar-refractivity contribution in [2.45, 2.75) is 13.8 Å². The highest BCUT2D eigenvalue weighted by molar-refractivity contribution is 5.93. The van der Waals surface area contributed by atoms with Gasteiger partial charge in [-0.25, -0.2) is 9.97 Å². The highest BCUT2D eigenvalue weighted by atomic mass is 16.5. The van der Waals surface area contributed by atoms with Crippen LogP contribution in [0.15, 0.2) is 67.1 Å². The summed E-state index contributed by atoms with van der Waals surface area (Å²) in [6.45, 7) is 3.88. The molecule has 0 saturated heterocycles. The number of nitrogens with zero attached hydrogens (tertiary/aromatic N) is 3. The number of aryl methyl sites for hydroxylation is 2. The van der Waals surface area contributed by atoms with E-state index in [1.807, 2.05) is 79.2 Å². The first kappa shape index (κ1) is 17.7. The number of hydrogen-bond acceptors (Lipinski definition) is 4. The van der Waals surface area contributed by atoms with Gasteiger partial charge in [-0.05, 0) is 49.2 Å². The Kier molecular flexibility index (Phi) is 4.76. The number of carbonyl (C=O) groups excluding carboxylic acids is 1. The van der Waals surface area contributed by atoms with Crippen molar-refractivity contribution in [3.05, 3.63) is 78.2 Å². The zero-order valence-electron chi connectivity index (χ0n) is 15.7. The zero-order chi connectivity index (χ0) is 19.5. The first-order valence-corrected chi connectivity index (χ1v) is 8.98. The van der Waals surface area contributed by atoms with Crippen LogP contribution in [0, 0.1) is 13.8 Å². The lowest BCUT2D eigenvalue weighted by Crippen LogP contribution is -2.20. The summed E-state index contributed by atoms with van der Waals surface area (Å²) in [4.78, 5) is 21.1. The van der Waals surface area contributed by atoms with Crippen LogP contribution in [0.1, 0.15) is 11.1 Å². The molecule has 140 valence electrons. The Morgan fingerprint density at radius 2 is 2.04 bits per heavy atom. The fraction of sp³-hybridized carbons (Fsp3) is 0.136. The van der Waals surface area contributed by atoms with Crippen LogP contribution in [0.2, 0.25) is 0 Å². The number of benzene rings is 2. The minimum Gasteiger partial charge on any atom is -0.484 e. The third-order valence-corrected chi connectivity index (χ3v) is 4.40. The van der Waals surface area contributed by atoms with Crippen LogP contribution in [-0.2, 0) is 4.79 Å². The van der Waals surface area contributed by atoms with Gasteiger partial charge in [-0.2, -0.15) is 0 Å². The number of aromatic nitrogens is 3. The second-order valence-corrected chi connectivity index (χ2v) is 6.64. The van der Waals surface area contributed by atoms with E-state index in [1.165, 1.54) is 0 Å². The second kappa shape index (κ2) is 7.52. The van der Waals surface area contributed by atoms with E-state index < -0.39 is 0 Å². The topological polar surface area (TPSA) is 68.5 Å². The molecular formula is C22H20N4O2. The van der Waals surface area contributed by atoms with Gasteiger partial charge in [0.05, 0.1) is 5.69 Å². The molecule has 0 aliphatic carbocycles. The van der Waals surface area contributed by atoms with Crippen molar-refractivity contribution in [2.24, 2.45) is 0 Å². The number of rotatable bonds is 5. The van der Waals surface area contributed by atoms with Gasteiger partial charge in [-0.15, -0.1) is 0 Å². The molecule has 4 rings (SSSR count). The summed E-state index contributed by atoms with van der Waals surface area (Å²) in [5.41, 5.74) is 4.49. The van der Waals surface area contributed by atoms with E-state index in [1.54, 1.807) is 6.20 Å². The summed E-state index contributed by atoms with van der Waals surface area (Å²) in [7, 11) is 0. The minimum atomic E-state index is -0.210. The number of anilines is 1. The molecule has 0 bridgehead atoms. The normalized spacial score (nSPS) is 10.8. The van der Waals surface area contributed by atoms with E-state index in [2.05, 4.69) is 15.3 Å². The summed E-state index contributed by atoms with van der Waals surface area (Å²) in [6, 6.07) is 15.3. The zero-order valence-corrected chi connectivity index (χ0v) is 15.7. The number of nitrogens with one attached hydrogen (secondary N) is 1. The molecule has 0 fully saturated rings. The largest absolute Gasteiger partial charge is 0.484 e. The van der Waals surface area contributed by atoms with Crippen LogP contribution in [0.3, 0.4) is 0 Å². The Balaban J connectivity index is 1.49. The van der Waals surface area contributed by atoms with Gasteiger partial charge in [-0.1, -0.05) is 24.3 Å². The van der Waals surface area contributed by atoms with Crippen molar-refractivity contribution in [1.82, 2.24) is 14.4 Å². The van der Waals surface area contributed by atoms with Gasteiger partial charge in [0.2, 0.25) is 5.78 Å². The highest BCUT2D eigenvalue weighted by Gasteiger charge is 2.10. The predicted molar refractivity (Wildman–Crippen MR) is 108 cm³/mol. The smallest absolute Gasteiger partial charge is 0.262 e. The molecule has 2 aromatic carbocycles. The number of hydrogen-bond donors (Lipinski definition) is 1. The van der Waals surface area contributed by atoms with Crippen LogP contribution in [0.4, 0.5) is 5.69 Å². The molecule has 0 unspecified atom stereocenters. The van der Waals surface area contributed by atoms with Crippen molar-refractivity contribution >= 4 is 17.4 Å². The molecule has 0 aliphatic heterocycles. The Morgan fingerprint density at radius 1 is 1.14 bits per heavy atom. The lowest BCUT2D eigenvalue weighted by molar-refractivity contribution is -0.118. The van der Waals surface area contributed by atoms with Gasteiger partial charge in [0, 0.05) is 29.8 Å². The minimum absolute atomic E-state index is 0.0502. The van der Waals surface area contributed by atoms with Crippen molar-refractivity contribution in [2.75, 3.05) is 11.9 Å². The summed E-state index contributed by atoms with van der Waals surface area (Å²) in [5.74, 6) is 1.10. The average molecular weight is 372 g/mol. The first-order valence-electron chi connectivity index (χ1n) is 8.98. The Morgan fingerprint density at radius 3 is 2.86 bits per heavy atom. The summed E-state index contributed by atoms with van der Waals surface area (Å²) < 4.78 is 7.44. The summed E-state index contributed by atoms with van der Waals surface area (Å²) >= 11 is 0. The van der Waals surface area contributed by atoms with E-state index in [9.17, 15) is 4.79 Å². The van der Waals surface area contributed by atoms with Gasteiger partial charge >= 0.3 is 0 Å². The molecule has 2 aromatic heterocycles. The van der Waals surface area contributed by atoms with Gasteiger partial charge in [0.1, 0.15) is 5.75 Å². The highest BCUT2D eigenvalue weighted by Crippen LogP contribution is 2.25. The average Bonchev–Trinajstić information content (AvgIpc) is 3.12. The van der Waals surface area contributed by atoms with Crippen LogP contribution < -0.4 is 10.1 Å². The van der Waals surface area contributed by atoms with E-state index in [0.29, 0.717) is 11.5 Å². The maximum atomic E-state index is 12.3. The number of fused-ring (bicyclic) bond motifs is 1. The monoisotopic (exact) mass is 372 g/mol. The SMILES string of the molecule is Cc1cccc(OCC(=O)Nc2cc(-c3cn4cccnc4n3)ccc2C)c1. The van der Waals surface area contributed by atoms with Gasteiger partial charge in [-0.3, -0.25) is 9.20 Å². The molecule has 0 spiro atoms. The summed E-state index contributed by atoms with van der Waals surface area (Å²) in [5, 5.41) is 2.92. The Labute approximate surface area is 162 Å². The quantitative estimate of drug-likeness (QED) is 0.574. The predicted octanol–water partition coefficient (Wildman–Crippen LogP) is 4.03. The lowest BCUT2D eigenvalue weighted by atomic mass is 10.1. The third kappa shape index (κ3) is 3.86. The molecule has 28 heavy (non-hydrogen) atoms. The Hall–Kier alpha value is -3.67. The van der Waals surface area contributed by atoms with E-state index in [-0.39, 0.29) is 12.5 Å². The van der Waals surface area contributed by atoms with Crippen LogP contribution in [-0.4, -0.2) is 26.9 Å². The molecule has 6 nitrogen and oxygen atoms in total. The number of carbonyl (C=O) groups is 1. The van der Waals surface area contributed by atoms with Gasteiger partial charge < -0.3 is 10.1 Å². The summed E-state index contributed by atoms with van der Waals surface area (Å²) in [6.07, 6.45) is 5.53. The van der Waals surface area contributed by atoms with E-state index >= 15 is 0 Å². The van der Waals surface area contributed by atoms with Crippen molar-refractivity contribution in [3.8, 4) is 17.0 Å². The number of amides is 1. The molecule has 0 radical (unpaired) electrons. The Bertz CT molecular complexity index is 1120. The van der Waals surface area contributed by atoms with E-state index in [4.69, 9.17) is 4.74 Å².